The lowest BCUT2D eigenvalue weighted by atomic mass is 9.99. The Morgan fingerprint density at radius 3 is 1.83 bits per heavy atom. The summed E-state index contributed by atoms with van der Waals surface area (Å²) in [6.07, 6.45) is 0. The van der Waals surface area contributed by atoms with Crippen LogP contribution >= 0.6 is 0 Å². The monoisotopic (exact) mass is 260 g/mol. The molecule has 0 atom stereocenters. The zero-order valence-corrected chi connectivity index (χ0v) is 11.7. The van der Waals surface area contributed by atoms with Crippen LogP contribution in [-0.2, 0) is 0 Å². The molecule has 0 aliphatic rings. The first-order valence-corrected chi connectivity index (χ1v) is 4.85. The summed E-state index contributed by atoms with van der Waals surface area (Å²) >= 11 is 0. The number of carboxylic acids is 1. The Kier molecular flexibility index (Phi) is 11.3. The number of carboxylic acid groups (broad SMARTS) is 1. The minimum Gasteiger partial charge on any atom is -0.872 e. The number of carbonyl (C=O) groups is 1. The molecule has 0 fully saturated rings. The van der Waals surface area contributed by atoms with Crippen molar-refractivity contribution in [3.8, 4) is 5.75 Å². The molecule has 0 saturated heterocycles. The molecule has 0 unspecified atom stereocenters. The van der Waals surface area contributed by atoms with Crippen LogP contribution in [0.5, 0.6) is 5.75 Å². The minimum atomic E-state index is -1.18. The van der Waals surface area contributed by atoms with E-state index in [1.54, 1.807) is 0 Å². The summed E-state index contributed by atoms with van der Waals surface area (Å²) in [4.78, 5) is 10.2. The first kappa shape index (κ1) is 21.6. The summed E-state index contributed by atoms with van der Waals surface area (Å²) in [7, 11) is 0. The fourth-order valence-corrected chi connectivity index (χ4v) is 0.643. The van der Waals surface area contributed by atoms with Crippen molar-refractivity contribution in [2.45, 2.75) is 20.8 Å². The molecule has 0 spiro atoms. The van der Waals surface area contributed by atoms with Crippen molar-refractivity contribution in [2.24, 2.45) is 5.41 Å². The highest BCUT2D eigenvalue weighted by molar-refractivity contribution is 5.90. The third-order valence-electron chi connectivity index (χ3n) is 1.55. The van der Waals surface area contributed by atoms with Crippen LogP contribution in [0.1, 0.15) is 31.1 Å². The molecule has 1 rings (SSSR count). The Morgan fingerprint density at radius 2 is 1.61 bits per heavy atom. The third-order valence-corrected chi connectivity index (χ3v) is 1.55. The fraction of sp³-hybridized carbons (Fsp3) is 0.417. The lowest BCUT2D eigenvalue weighted by molar-refractivity contribution is -0.387. The topological polar surface area (TPSA) is 156 Å². The van der Waals surface area contributed by atoms with Crippen molar-refractivity contribution in [1.82, 2.24) is 12.3 Å². The number of rotatable bonds is 1. The minimum absolute atomic E-state index is 0. The molecule has 0 amide bonds. The summed E-state index contributed by atoms with van der Waals surface area (Å²) in [5, 5.41) is 29.0. The van der Waals surface area contributed by atoms with Gasteiger partial charge in [0.05, 0.1) is 5.56 Å². The van der Waals surface area contributed by atoms with Gasteiger partial charge in [-0.1, -0.05) is 50.1 Å². The van der Waals surface area contributed by atoms with Gasteiger partial charge in [0.25, 0.3) is 0 Å². The summed E-state index contributed by atoms with van der Waals surface area (Å²) in [5.74, 6) is -1.62. The number of benzene rings is 1. The molecule has 0 heterocycles. The number of quaternary nitrogens is 2. The van der Waals surface area contributed by atoms with Crippen molar-refractivity contribution in [3.05, 3.63) is 29.8 Å². The van der Waals surface area contributed by atoms with E-state index in [0.717, 1.165) is 0 Å². The van der Waals surface area contributed by atoms with Crippen molar-refractivity contribution < 1.29 is 20.1 Å². The number of hydrogen-bond acceptors (Lipinski definition) is 3. The fourth-order valence-electron chi connectivity index (χ4n) is 0.643. The maximum Gasteiger partial charge on any atom is 0.335 e. The zero-order valence-electron chi connectivity index (χ0n) is 11.7. The molecule has 1 aromatic rings. The molecule has 106 valence electrons. The van der Waals surface area contributed by atoms with E-state index in [9.17, 15) is 15.0 Å². The molecule has 0 saturated carbocycles. The van der Waals surface area contributed by atoms with E-state index in [1.807, 2.05) is 20.8 Å². The first-order valence-electron chi connectivity index (χ1n) is 4.85. The van der Waals surface area contributed by atoms with Crippen LogP contribution in [0, 0.1) is 5.41 Å². The Morgan fingerprint density at radius 1 is 1.22 bits per heavy atom. The SMILES string of the molecule is CC(C)(C)C[O-].O=C(O)c1ccccc1[O-].[NH4+].[NH4+]. The van der Waals surface area contributed by atoms with E-state index >= 15 is 0 Å². The van der Waals surface area contributed by atoms with E-state index in [2.05, 4.69) is 0 Å². The lowest BCUT2D eigenvalue weighted by Gasteiger charge is -2.20. The largest absolute Gasteiger partial charge is 0.872 e. The Hall–Kier alpha value is -1.63. The normalized spacial score (nSPS) is 9.11. The standard InChI is InChI=1S/C7H6O3.C5H11O.2H3N/c8-6-4-2-1-3-5(6)7(9)10;1-5(2,3)4-6;;/h1-4,8H,(H,9,10);4H2,1-3H3;2*1H3/q;-1;;/p+1. The maximum atomic E-state index is 10.7. The Balaban J connectivity index is -0.000000250. The van der Waals surface area contributed by atoms with E-state index in [0.29, 0.717) is 0 Å². The molecule has 0 aliphatic carbocycles. The van der Waals surface area contributed by atoms with Gasteiger partial charge < -0.3 is 27.6 Å². The van der Waals surface area contributed by atoms with Crippen LogP contribution in [0.3, 0.4) is 0 Å². The molecule has 0 aliphatic heterocycles. The maximum absolute atomic E-state index is 10.7. The lowest BCUT2D eigenvalue weighted by Crippen LogP contribution is -2.22. The molecule has 6 heteroatoms. The van der Waals surface area contributed by atoms with Gasteiger partial charge in [0, 0.05) is 0 Å². The highest BCUT2D eigenvalue weighted by Gasteiger charge is 1.99. The molecule has 0 aromatic heterocycles. The number of hydrogen-bond donors (Lipinski definition) is 3. The van der Waals surface area contributed by atoms with E-state index in [1.165, 1.54) is 24.3 Å². The predicted molar refractivity (Wildman–Crippen MR) is 69.1 cm³/mol. The Bertz CT molecular complexity index is 348. The second-order valence-corrected chi connectivity index (χ2v) is 4.51. The molecule has 0 radical (unpaired) electrons. The molecular formula is C12H24N2O4. The van der Waals surface area contributed by atoms with Crippen LogP contribution in [0.25, 0.3) is 0 Å². The van der Waals surface area contributed by atoms with Crippen LogP contribution in [0.15, 0.2) is 24.3 Å². The quantitative estimate of drug-likeness (QED) is 0.700. The second-order valence-electron chi connectivity index (χ2n) is 4.51. The van der Waals surface area contributed by atoms with E-state index < -0.39 is 11.7 Å². The number of aromatic carboxylic acids is 1. The van der Waals surface area contributed by atoms with Crippen LogP contribution in [0.2, 0.25) is 0 Å². The van der Waals surface area contributed by atoms with Crippen LogP contribution < -0.4 is 22.5 Å². The molecular weight excluding hydrogens is 236 g/mol. The molecule has 6 nitrogen and oxygen atoms in total. The van der Waals surface area contributed by atoms with Crippen molar-refractivity contribution in [1.29, 1.82) is 0 Å². The van der Waals surface area contributed by atoms with Gasteiger partial charge in [-0.2, -0.15) is 0 Å². The van der Waals surface area contributed by atoms with Gasteiger partial charge in [-0.05, 0) is 6.07 Å². The average Bonchev–Trinajstić information content (AvgIpc) is 2.18. The molecule has 9 N–H and O–H groups in total. The third kappa shape index (κ3) is 9.59. The first-order chi connectivity index (χ1) is 7.28. The summed E-state index contributed by atoms with van der Waals surface area (Å²) < 4.78 is 0. The van der Waals surface area contributed by atoms with Gasteiger partial charge in [-0.3, -0.25) is 0 Å². The van der Waals surface area contributed by atoms with Crippen molar-refractivity contribution in [3.63, 3.8) is 0 Å². The average molecular weight is 260 g/mol. The smallest absolute Gasteiger partial charge is 0.335 e. The van der Waals surface area contributed by atoms with Crippen LogP contribution in [0.4, 0.5) is 0 Å². The molecule has 0 bridgehead atoms. The van der Waals surface area contributed by atoms with Gasteiger partial charge in [0.2, 0.25) is 0 Å². The Labute approximate surface area is 107 Å². The molecule has 1 aromatic carbocycles. The van der Waals surface area contributed by atoms with Gasteiger partial charge in [0.15, 0.2) is 0 Å². The zero-order chi connectivity index (χ0) is 12.8. The highest BCUT2D eigenvalue weighted by Crippen LogP contribution is 2.10. The summed E-state index contributed by atoms with van der Waals surface area (Å²) in [6, 6.07) is 5.54. The van der Waals surface area contributed by atoms with Gasteiger partial charge >= 0.3 is 5.97 Å². The summed E-state index contributed by atoms with van der Waals surface area (Å²) in [5.41, 5.74) is -0.192. The second kappa shape index (κ2) is 9.41. The predicted octanol–water partition coefficient (Wildman–Crippen LogP) is 1.60. The molecule has 18 heavy (non-hydrogen) atoms. The number of para-hydroxylation sites is 1. The van der Waals surface area contributed by atoms with Crippen molar-refractivity contribution in [2.75, 3.05) is 6.61 Å². The summed E-state index contributed by atoms with van der Waals surface area (Å²) in [6.45, 7) is 5.81. The van der Waals surface area contributed by atoms with Crippen molar-refractivity contribution >= 4 is 5.97 Å². The highest BCUT2D eigenvalue weighted by atomic mass is 16.4. The van der Waals surface area contributed by atoms with Gasteiger partial charge in [0.1, 0.15) is 0 Å². The van der Waals surface area contributed by atoms with E-state index in [-0.39, 0.29) is 29.9 Å². The van der Waals surface area contributed by atoms with Crippen LogP contribution in [-0.4, -0.2) is 17.7 Å². The van der Waals surface area contributed by atoms with E-state index in [4.69, 9.17) is 5.11 Å². The van der Waals surface area contributed by atoms with Gasteiger partial charge in [-0.25, -0.2) is 4.79 Å². The van der Waals surface area contributed by atoms with Gasteiger partial charge in [-0.15, -0.1) is 6.61 Å².